The number of aromatic nitrogens is 2. The quantitative estimate of drug-likeness (QED) is 0.00408. The molecule has 30 nitrogen and oxygen atoms in total. The van der Waals surface area contributed by atoms with Gasteiger partial charge in [0.15, 0.2) is 16.2 Å². The summed E-state index contributed by atoms with van der Waals surface area (Å²) < 4.78 is 143. The number of carbonyl (C=O) groups is 2. The number of nitrogens with zero attached hydrogens (tertiary/aromatic N) is 3. The summed E-state index contributed by atoms with van der Waals surface area (Å²) in [5, 5.41) is 20.6. The van der Waals surface area contributed by atoms with Crippen LogP contribution in [0, 0.1) is 29.1 Å². The minimum Gasteiger partial charge on any atom is -0.478 e. The lowest BCUT2D eigenvalue weighted by molar-refractivity contribution is -0.0541. The zero-order chi connectivity index (χ0) is 61.8. The standard InChI is InChI=1S/C44H51N6O24P3S6/c1-23-9-11-27-34(28-13-14-30(45)38(83(65,66)67)36(28)72-35(27)37(23)82(62,63)64)26-12-10-24(16-29(26)41(52)53)40(51)47-20-44(5,6)81-78-21-68-15-7-8-25-18-50(42(54)48-39(25)46)33-17-31(69-22-79-80-43(2,3)4)32(71-33)19-70-77(60,61)74-75(56,49-55)73-76(57,58)59/h9-14,16,18,31-33,45H,15,17,19-22H2,1-6H3,(H,47,51)(H,52,53)(H,60,61)(H2,46,48,54)(H2,57,58,59)(H,62,63,64)(H,65,66,67)/t31-,32-,33-,75?/m1/s1. The van der Waals surface area contributed by atoms with Crippen LogP contribution in [0.4, 0.5) is 5.82 Å². The van der Waals surface area contributed by atoms with Crippen molar-refractivity contribution in [3.63, 3.8) is 0 Å². The number of phosphoric ester groups is 1. The lowest BCUT2D eigenvalue weighted by atomic mass is 9.89. The third kappa shape index (κ3) is 18.0. The molecule has 3 heterocycles. The Morgan fingerprint density at radius 2 is 1.63 bits per heavy atom. The van der Waals surface area contributed by atoms with Crippen molar-refractivity contribution in [1.29, 1.82) is 5.41 Å². The van der Waals surface area contributed by atoms with Crippen LogP contribution in [0.5, 0.6) is 0 Å². The number of hydrogen-bond acceptors (Lipinski definition) is 25. The van der Waals surface area contributed by atoms with E-state index >= 15 is 0 Å². The Hall–Kier alpha value is -4.54. The van der Waals surface area contributed by atoms with Crippen molar-refractivity contribution < 1.29 is 101 Å². The van der Waals surface area contributed by atoms with Gasteiger partial charge in [0.05, 0.1) is 29.2 Å². The number of fused-ring (bicyclic) bond motifs is 2. The molecule has 1 aromatic heterocycles. The first kappa shape index (κ1) is 67.6. The number of amides is 1. The molecular weight excluding hydrogens is 1280 g/mol. The smallest absolute Gasteiger partial charge is 0.478 e. The molecular formula is C44H51N6O24P3S6. The molecule has 6 rings (SSSR count). The fourth-order valence-electron chi connectivity index (χ4n) is 7.68. The molecule has 1 aliphatic carbocycles. The van der Waals surface area contributed by atoms with E-state index in [4.69, 9.17) is 44.1 Å². The second-order valence-corrected chi connectivity index (χ2v) is 32.3. The van der Waals surface area contributed by atoms with Gasteiger partial charge in [0.2, 0.25) is 0 Å². The van der Waals surface area contributed by atoms with Crippen molar-refractivity contribution in [2.75, 3.05) is 37.4 Å². The van der Waals surface area contributed by atoms with E-state index < -0.39 is 123 Å². The molecule has 83 heavy (non-hydrogen) atoms. The van der Waals surface area contributed by atoms with Gasteiger partial charge >= 0.3 is 35.1 Å². The Balaban J connectivity index is 1.09. The number of hydrogen-bond donors (Lipinski definition) is 9. The summed E-state index contributed by atoms with van der Waals surface area (Å²) in [6, 6.07) is 8.39. The summed E-state index contributed by atoms with van der Waals surface area (Å²) in [4.78, 5) is 82.4. The fourth-order valence-corrected chi connectivity index (χ4v) is 16.7. The summed E-state index contributed by atoms with van der Waals surface area (Å²) in [5.41, 5.74) is 3.44. The Labute approximate surface area is 487 Å². The van der Waals surface area contributed by atoms with Gasteiger partial charge in [0.1, 0.15) is 41.5 Å². The number of aromatic carboxylic acids is 1. The molecule has 0 radical (unpaired) electrons. The molecule has 2 aromatic carbocycles. The number of anilines is 1. The number of nitrogen functional groups attached to an aromatic ring is 1. The van der Waals surface area contributed by atoms with E-state index in [1.807, 2.05) is 20.8 Å². The van der Waals surface area contributed by atoms with Gasteiger partial charge in [-0.2, -0.15) is 30.4 Å². The minimum atomic E-state index is -5.76. The van der Waals surface area contributed by atoms with Gasteiger partial charge in [-0.3, -0.25) is 28.4 Å². The van der Waals surface area contributed by atoms with E-state index in [0.29, 0.717) is 0 Å². The number of carboxylic acid groups (broad SMARTS) is 1. The third-order valence-corrected chi connectivity index (χ3v) is 22.9. The van der Waals surface area contributed by atoms with Crippen LogP contribution in [0.15, 0.2) is 72.6 Å². The molecule has 39 heteroatoms. The predicted molar refractivity (Wildman–Crippen MR) is 304 cm³/mol. The molecule has 0 saturated carbocycles. The van der Waals surface area contributed by atoms with Crippen molar-refractivity contribution in [3.05, 3.63) is 91.7 Å². The second kappa shape index (κ2) is 26.6. The number of carboxylic acids is 1. The highest BCUT2D eigenvalue weighted by Crippen LogP contribution is 2.69. The van der Waals surface area contributed by atoms with Crippen LogP contribution in [0.25, 0.3) is 33.4 Å². The van der Waals surface area contributed by atoms with Crippen LogP contribution < -0.4 is 22.1 Å². The molecule has 3 aliphatic rings. The highest BCUT2D eigenvalue weighted by molar-refractivity contribution is 8.77. The van der Waals surface area contributed by atoms with E-state index in [-0.39, 0.29) is 80.8 Å². The largest absolute Gasteiger partial charge is 0.507 e. The second-order valence-electron chi connectivity index (χ2n) is 19.0. The van der Waals surface area contributed by atoms with Crippen LogP contribution in [0.1, 0.15) is 79.1 Å². The van der Waals surface area contributed by atoms with Gasteiger partial charge in [0.25, 0.3) is 26.1 Å². The number of carbonyl (C=O) groups excluding carboxylic acids is 1. The first-order valence-corrected chi connectivity index (χ1v) is 35.3. The number of nitrogens with two attached hydrogens (primary N) is 1. The van der Waals surface area contributed by atoms with E-state index in [1.54, 1.807) is 18.8 Å². The maximum absolute atomic E-state index is 13.6. The Kier molecular flexibility index (Phi) is 21.7. The first-order valence-electron chi connectivity index (χ1n) is 23.3. The van der Waals surface area contributed by atoms with E-state index in [9.17, 15) is 68.9 Å². The Bertz CT molecular complexity index is 3900. The number of aryl methyl sites for hydroxylation is 1. The normalized spacial score (nSPS) is 17.6. The number of benzene rings is 3. The average molecular weight is 1330 g/mol. The predicted octanol–water partition coefficient (Wildman–Crippen LogP) is 7.17. The molecule has 5 atom stereocenters. The average Bonchev–Trinajstić information content (AvgIpc) is 1.44. The van der Waals surface area contributed by atoms with Crippen molar-refractivity contribution in [2.45, 2.75) is 85.7 Å². The molecule has 2 aliphatic heterocycles. The first-order chi connectivity index (χ1) is 38.3. The topological polar surface area (TPSA) is 470 Å². The van der Waals surface area contributed by atoms with Crippen LogP contribution in [0.2, 0.25) is 0 Å². The van der Waals surface area contributed by atoms with Gasteiger partial charge in [-0.1, -0.05) is 94.0 Å². The van der Waals surface area contributed by atoms with Crippen molar-refractivity contribution in [1.82, 2.24) is 14.9 Å². The zero-order valence-electron chi connectivity index (χ0n) is 43.8. The number of phosphoric acid groups is 2. The Morgan fingerprint density at radius 3 is 2.25 bits per heavy atom. The van der Waals surface area contributed by atoms with Crippen molar-refractivity contribution in [3.8, 4) is 34.3 Å². The van der Waals surface area contributed by atoms with Gasteiger partial charge < -0.3 is 49.5 Å². The van der Waals surface area contributed by atoms with Crippen LogP contribution >= 0.6 is 66.6 Å². The van der Waals surface area contributed by atoms with E-state index in [2.05, 4.69) is 30.8 Å². The number of ether oxygens (including phenoxy) is 3. The van der Waals surface area contributed by atoms with E-state index in [0.717, 1.165) is 16.7 Å². The number of rotatable bonds is 25. The minimum absolute atomic E-state index is 0.0350. The lowest BCUT2D eigenvalue weighted by Crippen LogP contribution is -2.36. The highest BCUT2D eigenvalue weighted by atomic mass is 33.1. The third-order valence-electron chi connectivity index (χ3n) is 11.0. The molecule has 1 saturated heterocycles. The summed E-state index contributed by atoms with van der Waals surface area (Å²) >= 11 is 0. The summed E-state index contributed by atoms with van der Waals surface area (Å²) in [6.07, 6.45) is -2.27. The SMILES string of the molecule is Cc1ccc2c(-c3ccc(C(=O)NCC(C)(C)SSCOCC#Cc4cn([C@H]5C[C@@H](OCSSC(C)(C)C)[C@@H](COP(=O)(O)OP(=O)(N=O)OP(=O)(O)O)O5)c(=O)nc4N)cc3C(=O)O)c3ccc(=N)c(S(=O)(=O)O)c-3oc2c1S(=O)(=O)O. The molecule has 0 spiro atoms. The van der Waals surface area contributed by atoms with Crippen molar-refractivity contribution >= 4 is 115 Å². The molecule has 1 fully saturated rings. The maximum atomic E-state index is 13.6. The molecule has 3 aromatic rings. The van der Waals surface area contributed by atoms with Gasteiger partial charge in [-0.25, -0.2) is 23.3 Å². The summed E-state index contributed by atoms with van der Waals surface area (Å²) in [7, 11) is -22.1. The molecule has 1 amide bonds. The lowest BCUT2D eigenvalue weighted by Gasteiger charge is -2.23. The maximum Gasteiger partial charge on any atom is 0.507 e. The van der Waals surface area contributed by atoms with Crippen LogP contribution in [-0.4, -0.2) is 120 Å². The van der Waals surface area contributed by atoms with Crippen LogP contribution in [-0.2, 0) is 61.3 Å². The molecule has 0 bridgehead atoms. The molecule has 452 valence electrons. The van der Waals surface area contributed by atoms with Gasteiger partial charge in [-0.15, -0.1) is 4.91 Å². The Morgan fingerprint density at radius 1 is 0.964 bits per heavy atom. The van der Waals surface area contributed by atoms with E-state index in [1.165, 1.54) is 86.6 Å². The van der Waals surface area contributed by atoms with Crippen LogP contribution in [0.3, 0.4) is 0 Å². The fraction of sp³-hybridized carbons (Fsp3) is 0.386. The zero-order valence-corrected chi connectivity index (χ0v) is 51.4. The number of nitroso groups, excluding NO2 is 1. The summed E-state index contributed by atoms with van der Waals surface area (Å²) in [5.74, 6) is 2.39. The molecule has 10 N–H and O–H groups in total. The highest BCUT2D eigenvalue weighted by Gasteiger charge is 2.46. The number of nitrogens with one attached hydrogen (secondary N) is 2. The molecule has 2 unspecified atom stereocenters. The van der Waals surface area contributed by atoms with Crippen molar-refractivity contribution in [2.24, 2.45) is 4.95 Å². The monoisotopic (exact) mass is 1330 g/mol. The van der Waals surface area contributed by atoms with Gasteiger partial charge in [0, 0.05) is 55.7 Å². The summed E-state index contributed by atoms with van der Waals surface area (Å²) in [6.45, 7) is 9.75. The van der Waals surface area contributed by atoms with Gasteiger partial charge in [-0.05, 0) is 56.2 Å².